The van der Waals surface area contributed by atoms with Crippen LogP contribution in [0.4, 0.5) is 0 Å². The fraction of sp³-hybridized carbons (Fsp3) is 0.632. The van der Waals surface area contributed by atoms with Crippen LogP contribution in [0.1, 0.15) is 30.1 Å². The van der Waals surface area contributed by atoms with E-state index in [2.05, 4.69) is 4.90 Å². The Bertz CT molecular complexity index is 764. The molecule has 1 spiro atoms. The Kier molecular flexibility index (Phi) is 3.10. The van der Waals surface area contributed by atoms with Crippen LogP contribution in [0, 0.1) is 5.92 Å². The highest BCUT2D eigenvalue weighted by Crippen LogP contribution is 2.65. The van der Waals surface area contributed by atoms with Gasteiger partial charge in [0.05, 0.1) is 24.7 Å². The van der Waals surface area contributed by atoms with Crippen molar-refractivity contribution in [1.29, 1.82) is 0 Å². The lowest BCUT2D eigenvalue weighted by Gasteiger charge is -2.58. The Morgan fingerprint density at radius 1 is 1.36 bits per heavy atom. The zero-order chi connectivity index (χ0) is 17.5. The molecule has 1 saturated heterocycles. The zero-order valence-electron chi connectivity index (χ0n) is 14.7. The first-order chi connectivity index (χ1) is 12.0. The van der Waals surface area contributed by atoms with Crippen molar-refractivity contribution in [3.05, 3.63) is 23.3 Å². The summed E-state index contributed by atoms with van der Waals surface area (Å²) >= 11 is 0. The molecule has 1 aromatic carbocycles. The molecule has 1 saturated carbocycles. The number of Topliss-reactive ketones (excluding diaryl/α,β-unsaturated/α-hetero) is 1. The predicted molar refractivity (Wildman–Crippen MR) is 89.0 cm³/mol. The van der Waals surface area contributed by atoms with E-state index >= 15 is 0 Å². The number of likely N-dealkylation sites (N-methyl/N-ethyl adjacent to an activating group) is 1. The number of piperidine rings is 1. The van der Waals surface area contributed by atoms with E-state index in [9.17, 15) is 9.90 Å². The van der Waals surface area contributed by atoms with Gasteiger partial charge in [-0.25, -0.2) is 0 Å². The summed E-state index contributed by atoms with van der Waals surface area (Å²) < 4.78 is 17.6. The summed E-state index contributed by atoms with van der Waals surface area (Å²) in [6.07, 6.45) is -0.0349. The molecular weight excluding hydrogens is 322 g/mol. The third-order valence-electron chi connectivity index (χ3n) is 6.91. The Balaban J connectivity index is 1.83. The standard InChI is InChI=1S/C19H23NO5/c1-20-7-6-19-13-9-4-5-11(23-2)17(13)25-18(19)12(24-3)8-10(21)14(19)15(20)16(9)22/h4-5,12,14-16,18,22H,6-8H2,1-3H3. The van der Waals surface area contributed by atoms with Gasteiger partial charge >= 0.3 is 0 Å². The van der Waals surface area contributed by atoms with Crippen LogP contribution in [0.25, 0.3) is 0 Å². The zero-order valence-corrected chi connectivity index (χ0v) is 14.7. The Morgan fingerprint density at radius 2 is 2.16 bits per heavy atom. The van der Waals surface area contributed by atoms with Crippen molar-refractivity contribution in [3.63, 3.8) is 0 Å². The van der Waals surface area contributed by atoms with Crippen LogP contribution in [0.2, 0.25) is 0 Å². The van der Waals surface area contributed by atoms with Crippen LogP contribution in [-0.2, 0) is 14.9 Å². The molecule has 0 aromatic heterocycles. The first-order valence-corrected chi connectivity index (χ1v) is 8.86. The summed E-state index contributed by atoms with van der Waals surface area (Å²) in [4.78, 5) is 15.3. The molecule has 2 bridgehead atoms. The monoisotopic (exact) mass is 345 g/mol. The fourth-order valence-electron chi connectivity index (χ4n) is 5.91. The number of hydrogen-bond donors (Lipinski definition) is 1. The summed E-state index contributed by atoms with van der Waals surface area (Å²) in [6.45, 7) is 0.817. The molecule has 0 amide bonds. The van der Waals surface area contributed by atoms with E-state index in [1.807, 2.05) is 19.2 Å². The van der Waals surface area contributed by atoms with Crippen molar-refractivity contribution in [2.75, 3.05) is 27.8 Å². The number of methoxy groups -OCH3 is 2. The van der Waals surface area contributed by atoms with E-state index in [-0.39, 0.29) is 30.0 Å². The highest BCUT2D eigenvalue weighted by Gasteiger charge is 2.70. The van der Waals surface area contributed by atoms with Crippen LogP contribution in [-0.4, -0.2) is 61.9 Å². The molecule has 6 nitrogen and oxygen atoms in total. The minimum atomic E-state index is -0.700. The Morgan fingerprint density at radius 3 is 2.88 bits per heavy atom. The number of ether oxygens (including phenoxy) is 3. The molecular formula is C19H23NO5. The van der Waals surface area contributed by atoms with Crippen molar-refractivity contribution >= 4 is 5.78 Å². The molecule has 1 N–H and O–H groups in total. The normalized spacial score (nSPS) is 41.3. The van der Waals surface area contributed by atoms with Gasteiger partial charge in [-0.3, -0.25) is 9.69 Å². The van der Waals surface area contributed by atoms with Crippen molar-refractivity contribution in [3.8, 4) is 11.5 Å². The third-order valence-corrected chi connectivity index (χ3v) is 6.91. The lowest BCUT2D eigenvalue weighted by molar-refractivity contribution is -0.162. The number of likely N-dealkylation sites (tertiary alicyclic amines) is 1. The van der Waals surface area contributed by atoms with E-state index in [0.717, 1.165) is 24.1 Å². The van der Waals surface area contributed by atoms with Gasteiger partial charge < -0.3 is 19.3 Å². The summed E-state index contributed by atoms with van der Waals surface area (Å²) in [7, 11) is 5.26. The second-order valence-corrected chi connectivity index (χ2v) is 7.73. The van der Waals surface area contributed by atoms with E-state index in [1.54, 1.807) is 14.2 Å². The van der Waals surface area contributed by atoms with Crippen molar-refractivity contribution < 1.29 is 24.1 Å². The largest absolute Gasteiger partial charge is 0.493 e. The molecule has 5 rings (SSSR count). The highest BCUT2D eigenvalue weighted by molar-refractivity contribution is 5.88. The summed E-state index contributed by atoms with van der Waals surface area (Å²) in [5.41, 5.74) is 1.43. The molecule has 25 heavy (non-hydrogen) atoms. The quantitative estimate of drug-likeness (QED) is 0.864. The number of benzene rings is 1. The Hall–Kier alpha value is -1.63. The first-order valence-electron chi connectivity index (χ1n) is 8.86. The van der Waals surface area contributed by atoms with Gasteiger partial charge in [0.2, 0.25) is 0 Å². The average molecular weight is 345 g/mol. The molecule has 0 radical (unpaired) electrons. The van der Waals surface area contributed by atoms with Crippen molar-refractivity contribution in [2.45, 2.75) is 42.6 Å². The number of aliphatic hydroxyl groups excluding tert-OH is 1. The topological polar surface area (TPSA) is 68.2 Å². The molecule has 4 aliphatic rings. The average Bonchev–Trinajstić information content (AvgIpc) is 2.96. The molecule has 6 unspecified atom stereocenters. The minimum absolute atomic E-state index is 0.170. The molecule has 134 valence electrons. The maximum atomic E-state index is 13.1. The number of carbonyl (C=O) groups excluding carboxylic acids is 1. The van der Waals surface area contributed by atoms with E-state index in [4.69, 9.17) is 14.2 Å². The van der Waals surface area contributed by atoms with Gasteiger partial charge in [-0.1, -0.05) is 6.07 Å². The second-order valence-electron chi connectivity index (χ2n) is 7.73. The highest BCUT2D eigenvalue weighted by atomic mass is 16.6. The van der Waals surface area contributed by atoms with Crippen molar-refractivity contribution in [1.82, 2.24) is 4.90 Å². The van der Waals surface area contributed by atoms with Gasteiger partial charge in [-0.05, 0) is 31.6 Å². The molecule has 6 heteroatoms. The first kappa shape index (κ1) is 15.6. The van der Waals surface area contributed by atoms with E-state index in [1.165, 1.54) is 0 Å². The van der Waals surface area contributed by atoms with Crippen LogP contribution in [0.3, 0.4) is 0 Å². The summed E-state index contributed by atoms with van der Waals surface area (Å²) in [6, 6.07) is 3.57. The third kappa shape index (κ3) is 1.63. The lowest BCUT2D eigenvalue weighted by atomic mass is 9.50. The van der Waals surface area contributed by atoms with Gasteiger partial charge in [0, 0.05) is 25.0 Å². The smallest absolute Gasteiger partial charge is 0.166 e. The molecule has 2 fully saturated rings. The van der Waals surface area contributed by atoms with Crippen LogP contribution >= 0.6 is 0 Å². The maximum Gasteiger partial charge on any atom is 0.166 e. The van der Waals surface area contributed by atoms with E-state index in [0.29, 0.717) is 17.9 Å². The van der Waals surface area contributed by atoms with Crippen molar-refractivity contribution in [2.24, 2.45) is 5.92 Å². The second kappa shape index (κ2) is 4.96. The van der Waals surface area contributed by atoms with Gasteiger partial charge in [0.1, 0.15) is 18.0 Å². The summed E-state index contributed by atoms with van der Waals surface area (Å²) in [5, 5.41) is 11.1. The number of nitrogens with zero attached hydrogens (tertiary/aromatic N) is 1. The maximum absolute atomic E-state index is 13.1. The summed E-state index contributed by atoms with van der Waals surface area (Å²) in [5.74, 6) is 1.25. The lowest BCUT2D eigenvalue weighted by Crippen LogP contribution is -2.70. The molecule has 1 aromatic rings. The van der Waals surface area contributed by atoms with Crippen LogP contribution in [0.15, 0.2) is 12.1 Å². The number of rotatable bonds is 2. The minimum Gasteiger partial charge on any atom is -0.493 e. The van der Waals surface area contributed by atoms with E-state index < -0.39 is 11.5 Å². The van der Waals surface area contributed by atoms with Gasteiger partial charge in [0.15, 0.2) is 11.5 Å². The number of hydrogen-bond acceptors (Lipinski definition) is 6. The predicted octanol–water partition coefficient (Wildman–Crippen LogP) is 1.05. The van der Waals surface area contributed by atoms with Gasteiger partial charge in [-0.2, -0.15) is 0 Å². The molecule has 2 heterocycles. The Labute approximate surface area is 146 Å². The SMILES string of the molecule is COc1ccc2c3c1OC1C(OC)CC(=O)C4C(C2O)N(C)CCC314. The van der Waals surface area contributed by atoms with Gasteiger partial charge in [-0.15, -0.1) is 0 Å². The molecule has 2 aliphatic carbocycles. The van der Waals surface area contributed by atoms with Crippen LogP contribution in [0.5, 0.6) is 11.5 Å². The number of ketones is 1. The molecule has 6 atom stereocenters. The number of carbonyl (C=O) groups is 1. The van der Waals surface area contributed by atoms with Gasteiger partial charge in [0.25, 0.3) is 0 Å². The fourth-order valence-corrected chi connectivity index (χ4v) is 5.91. The molecule has 2 aliphatic heterocycles. The number of aliphatic hydroxyl groups is 1. The van der Waals surface area contributed by atoms with Crippen LogP contribution < -0.4 is 9.47 Å².